The lowest BCUT2D eigenvalue weighted by Crippen LogP contribution is -2.63. The summed E-state index contributed by atoms with van der Waals surface area (Å²) in [6, 6.07) is 10.9. The second kappa shape index (κ2) is 14.6. The molecule has 2 aromatic carbocycles. The quantitative estimate of drug-likeness (QED) is 0.182. The van der Waals surface area contributed by atoms with Gasteiger partial charge in [-0.1, -0.05) is 12.1 Å². The molecule has 15 nitrogen and oxygen atoms in total. The Morgan fingerprint density at radius 3 is 2.02 bits per heavy atom. The fourth-order valence-electron chi connectivity index (χ4n) is 4.64. The fourth-order valence-corrected chi connectivity index (χ4v) is 4.64. The standard InChI is InChI=1S/C31H32O15/c1-15(32)39-14-24-26(41-16(2)33)28(42-17(3)34)29(43-18(4)35)31(46-24)44-21-10-11-22-23(12-21)45-30(37)27(25(22)36)40-13-19-6-8-20(38-5)9-7-19/h6-12,24,26,28-29,31,36H,13-14H2,1-5H3/t24-,26-,28+,29+,31+/m1/s1. The average Bonchev–Trinajstić information content (AvgIpc) is 2.98. The molecule has 0 radical (unpaired) electrons. The predicted molar refractivity (Wildman–Crippen MR) is 154 cm³/mol. The van der Waals surface area contributed by atoms with E-state index < -0.39 is 78.3 Å². The van der Waals surface area contributed by atoms with Crippen LogP contribution >= 0.6 is 0 Å². The lowest BCUT2D eigenvalue weighted by molar-refractivity contribution is -0.288. The molecule has 2 heterocycles. The van der Waals surface area contributed by atoms with Crippen LogP contribution in [-0.4, -0.2) is 73.4 Å². The van der Waals surface area contributed by atoms with E-state index in [2.05, 4.69) is 0 Å². The zero-order chi connectivity index (χ0) is 33.5. The average molecular weight is 645 g/mol. The van der Waals surface area contributed by atoms with E-state index in [1.54, 1.807) is 24.3 Å². The smallest absolute Gasteiger partial charge is 0.383 e. The highest BCUT2D eigenvalue weighted by Gasteiger charge is 2.53. The molecule has 46 heavy (non-hydrogen) atoms. The molecule has 1 N–H and O–H groups in total. The van der Waals surface area contributed by atoms with Crippen molar-refractivity contribution in [1.29, 1.82) is 0 Å². The number of esters is 4. The van der Waals surface area contributed by atoms with Gasteiger partial charge in [0.25, 0.3) is 0 Å². The van der Waals surface area contributed by atoms with Crippen LogP contribution in [0.25, 0.3) is 11.0 Å². The minimum absolute atomic E-state index is 0.00264. The largest absolute Gasteiger partial charge is 0.504 e. The third-order valence-corrected chi connectivity index (χ3v) is 6.55. The maximum absolute atomic E-state index is 12.8. The highest BCUT2D eigenvalue weighted by atomic mass is 16.7. The third kappa shape index (κ3) is 8.24. The zero-order valence-corrected chi connectivity index (χ0v) is 25.5. The monoisotopic (exact) mass is 644 g/mol. The van der Waals surface area contributed by atoms with Gasteiger partial charge in [0.15, 0.2) is 18.0 Å². The molecule has 1 saturated heterocycles. The van der Waals surface area contributed by atoms with E-state index in [1.807, 2.05) is 0 Å². The zero-order valence-electron chi connectivity index (χ0n) is 25.5. The topological polar surface area (TPSA) is 193 Å². The second-order valence-electron chi connectivity index (χ2n) is 10.0. The molecular formula is C31H32O15. The summed E-state index contributed by atoms with van der Waals surface area (Å²) in [5.41, 5.74) is -0.362. The van der Waals surface area contributed by atoms with E-state index in [1.165, 1.54) is 25.3 Å². The number of hydrogen-bond donors (Lipinski definition) is 1. The summed E-state index contributed by atoms with van der Waals surface area (Å²) in [5.74, 6) is -3.31. The SMILES string of the molecule is COc1ccc(COc2c(O)c3ccc(O[C@H]4O[C@H](COC(C)=O)[C@@H](OC(C)=O)[C@H](OC(C)=O)[C@@H]4OC(C)=O)cc3oc2=O)cc1. The molecule has 3 aromatic rings. The normalized spacial score (nSPS) is 20.7. The Kier molecular flexibility index (Phi) is 10.7. The first kappa shape index (κ1) is 33.6. The molecule has 1 fully saturated rings. The van der Waals surface area contributed by atoms with Crippen molar-refractivity contribution in [3.63, 3.8) is 0 Å². The summed E-state index contributed by atoms with van der Waals surface area (Å²) >= 11 is 0. The molecule has 246 valence electrons. The van der Waals surface area contributed by atoms with E-state index in [0.717, 1.165) is 27.7 Å². The van der Waals surface area contributed by atoms with Gasteiger partial charge in [-0.25, -0.2) is 4.79 Å². The van der Waals surface area contributed by atoms with Crippen LogP contribution in [0.2, 0.25) is 0 Å². The Bertz CT molecular complexity index is 1640. The van der Waals surface area contributed by atoms with E-state index in [-0.39, 0.29) is 23.3 Å². The molecule has 1 aromatic heterocycles. The molecule has 0 saturated carbocycles. The number of benzene rings is 2. The van der Waals surface area contributed by atoms with Gasteiger partial charge < -0.3 is 47.4 Å². The molecular weight excluding hydrogens is 612 g/mol. The number of ether oxygens (including phenoxy) is 8. The summed E-state index contributed by atoms with van der Waals surface area (Å²) in [7, 11) is 1.53. The van der Waals surface area contributed by atoms with Gasteiger partial charge in [0.2, 0.25) is 18.1 Å². The Morgan fingerprint density at radius 1 is 0.804 bits per heavy atom. The molecule has 0 spiro atoms. The molecule has 0 bridgehead atoms. The van der Waals surface area contributed by atoms with E-state index >= 15 is 0 Å². The highest BCUT2D eigenvalue weighted by molar-refractivity contribution is 5.86. The molecule has 1 aliphatic heterocycles. The number of carbonyl (C=O) groups excluding carboxylic acids is 4. The van der Waals surface area contributed by atoms with Crippen molar-refractivity contribution >= 4 is 34.8 Å². The van der Waals surface area contributed by atoms with Gasteiger partial charge in [-0.05, 0) is 29.8 Å². The maximum Gasteiger partial charge on any atom is 0.383 e. The molecule has 4 rings (SSSR count). The minimum Gasteiger partial charge on any atom is -0.504 e. The predicted octanol–water partition coefficient (Wildman–Crippen LogP) is 2.55. The first-order chi connectivity index (χ1) is 21.9. The van der Waals surface area contributed by atoms with Crippen molar-refractivity contribution in [3.8, 4) is 23.0 Å². The Morgan fingerprint density at radius 2 is 1.41 bits per heavy atom. The summed E-state index contributed by atoms with van der Waals surface area (Å²) in [4.78, 5) is 60.4. The van der Waals surface area contributed by atoms with Crippen LogP contribution in [0.15, 0.2) is 51.7 Å². The Hall–Kier alpha value is -5.31. The van der Waals surface area contributed by atoms with E-state index in [4.69, 9.17) is 42.3 Å². The molecule has 0 aliphatic carbocycles. The Labute approximate surface area is 261 Å². The molecule has 0 amide bonds. The van der Waals surface area contributed by atoms with Gasteiger partial charge >= 0.3 is 29.5 Å². The van der Waals surface area contributed by atoms with Crippen LogP contribution in [-0.2, 0) is 49.5 Å². The molecule has 1 aliphatic rings. The lowest BCUT2D eigenvalue weighted by Gasteiger charge is -2.43. The number of aromatic hydroxyl groups is 1. The van der Waals surface area contributed by atoms with Crippen molar-refractivity contribution in [2.45, 2.75) is 65.0 Å². The summed E-state index contributed by atoms with van der Waals surface area (Å²) in [6.07, 6.45) is -7.05. The summed E-state index contributed by atoms with van der Waals surface area (Å²) < 4.78 is 49.1. The van der Waals surface area contributed by atoms with Crippen LogP contribution in [0.1, 0.15) is 33.3 Å². The van der Waals surface area contributed by atoms with Crippen molar-refractivity contribution < 1.29 is 66.6 Å². The van der Waals surface area contributed by atoms with Crippen molar-refractivity contribution in [1.82, 2.24) is 0 Å². The summed E-state index contributed by atoms with van der Waals surface area (Å²) in [5, 5.41) is 11.0. The number of carbonyl (C=O) groups is 4. The Balaban J connectivity index is 1.64. The lowest BCUT2D eigenvalue weighted by atomic mass is 9.98. The van der Waals surface area contributed by atoms with Crippen molar-refractivity contribution in [3.05, 3.63) is 58.4 Å². The minimum atomic E-state index is -1.52. The van der Waals surface area contributed by atoms with Gasteiger partial charge in [0, 0.05) is 33.8 Å². The van der Waals surface area contributed by atoms with Gasteiger partial charge in [-0.15, -0.1) is 0 Å². The van der Waals surface area contributed by atoms with Crippen LogP contribution in [0.5, 0.6) is 23.0 Å². The second-order valence-corrected chi connectivity index (χ2v) is 10.0. The molecule has 0 unspecified atom stereocenters. The molecule has 5 atom stereocenters. The van der Waals surface area contributed by atoms with Crippen molar-refractivity contribution in [2.24, 2.45) is 0 Å². The van der Waals surface area contributed by atoms with E-state index in [9.17, 15) is 29.1 Å². The fraction of sp³-hybridized carbons (Fsp3) is 0.387. The van der Waals surface area contributed by atoms with Crippen LogP contribution in [0.4, 0.5) is 0 Å². The third-order valence-electron chi connectivity index (χ3n) is 6.55. The van der Waals surface area contributed by atoms with Crippen LogP contribution in [0.3, 0.4) is 0 Å². The van der Waals surface area contributed by atoms with Crippen LogP contribution in [0, 0.1) is 0 Å². The van der Waals surface area contributed by atoms with Gasteiger partial charge in [-0.3, -0.25) is 19.2 Å². The number of hydrogen-bond acceptors (Lipinski definition) is 15. The van der Waals surface area contributed by atoms with Gasteiger partial charge in [0.1, 0.15) is 36.4 Å². The maximum atomic E-state index is 12.8. The first-order valence-electron chi connectivity index (χ1n) is 13.9. The first-order valence-corrected chi connectivity index (χ1v) is 13.9. The number of fused-ring (bicyclic) bond motifs is 1. The van der Waals surface area contributed by atoms with Crippen molar-refractivity contribution in [2.75, 3.05) is 13.7 Å². The highest BCUT2D eigenvalue weighted by Crippen LogP contribution is 2.36. The van der Waals surface area contributed by atoms with Gasteiger partial charge in [-0.2, -0.15) is 0 Å². The van der Waals surface area contributed by atoms with E-state index in [0.29, 0.717) is 11.3 Å². The summed E-state index contributed by atoms with van der Waals surface area (Å²) in [6.45, 7) is 3.95. The number of methoxy groups -OCH3 is 1. The van der Waals surface area contributed by atoms with Crippen LogP contribution < -0.4 is 19.8 Å². The van der Waals surface area contributed by atoms with Gasteiger partial charge in [0.05, 0.1) is 12.5 Å². The molecule has 15 heteroatoms. The number of rotatable bonds is 11.